The fraction of sp³-hybridized carbons (Fsp3) is 0.273. The van der Waals surface area contributed by atoms with Crippen LogP contribution in [-0.2, 0) is 6.54 Å². The Morgan fingerprint density at radius 1 is 0.929 bits per heavy atom. The standard InChI is InChI=1S/C22H24FN5/c1-17-6-2-3-7-18(17)15-24-21-14-22(26-16-25-21)28-12-10-27(11-13-28)20-9-5-4-8-19(20)23/h2-9,14,16H,10-13,15H2,1H3,(H,24,25,26). The van der Waals surface area contributed by atoms with Crippen LogP contribution in [0.15, 0.2) is 60.9 Å². The van der Waals surface area contributed by atoms with E-state index in [0.717, 1.165) is 44.4 Å². The zero-order chi connectivity index (χ0) is 19.3. The van der Waals surface area contributed by atoms with E-state index < -0.39 is 0 Å². The summed E-state index contributed by atoms with van der Waals surface area (Å²) >= 11 is 0. The van der Waals surface area contributed by atoms with Crippen molar-refractivity contribution < 1.29 is 4.39 Å². The molecule has 0 amide bonds. The monoisotopic (exact) mass is 377 g/mol. The summed E-state index contributed by atoms with van der Waals surface area (Å²) in [5.41, 5.74) is 3.18. The molecule has 2 aromatic carbocycles. The van der Waals surface area contributed by atoms with Gasteiger partial charge in [-0.15, -0.1) is 0 Å². The summed E-state index contributed by atoms with van der Waals surface area (Å²) in [7, 11) is 0. The van der Waals surface area contributed by atoms with Crippen molar-refractivity contribution >= 4 is 17.3 Å². The minimum atomic E-state index is -0.166. The number of nitrogens with zero attached hydrogens (tertiary/aromatic N) is 4. The third kappa shape index (κ3) is 4.06. The van der Waals surface area contributed by atoms with Gasteiger partial charge in [-0.3, -0.25) is 0 Å². The maximum absolute atomic E-state index is 14.0. The summed E-state index contributed by atoms with van der Waals surface area (Å²) in [6.45, 7) is 5.95. The molecule has 1 aliphatic heterocycles. The molecule has 1 fully saturated rings. The number of aryl methyl sites for hydroxylation is 1. The largest absolute Gasteiger partial charge is 0.366 e. The molecular formula is C22H24FN5. The summed E-state index contributed by atoms with van der Waals surface area (Å²) in [5, 5.41) is 3.39. The van der Waals surface area contributed by atoms with E-state index in [2.05, 4.69) is 44.1 Å². The Bertz CT molecular complexity index is 937. The highest BCUT2D eigenvalue weighted by atomic mass is 19.1. The van der Waals surface area contributed by atoms with E-state index in [4.69, 9.17) is 0 Å². The number of para-hydroxylation sites is 1. The van der Waals surface area contributed by atoms with Gasteiger partial charge in [0.2, 0.25) is 0 Å². The molecule has 1 aromatic heterocycles. The molecule has 6 heteroatoms. The van der Waals surface area contributed by atoms with E-state index in [9.17, 15) is 4.39 Å². The summed E-state index contributed by atoms with van der Waals surface area (Å²) in [6.07, 6.45) is 1.60. The second-order valence-corrected chi connectivity index (χ2v) is 6.97. The van der Waals surface area contributed by atoms with Crippen LogP contribution in [0.3, 0.4) is 0 Å². The van der Waals surface area contributed by atoms with Gasteiger partial charge in [0.05, 0.1) is 5.69 Å². The first kappa shape index (κ1) is 18.2. The zero-order valence-corrected chi connectivity index (χ0v) is 16.0. The molecule has 0 unspecified atom stereocenters. The number of halogens is 1. The molecule has 144 valence electrons. The number of benzene rings is 2. The van der Waals surface area contributed by atoms with Crippen LogP contribution in [0, 0.1) is 12.7 Å². The van der Waals surface area contributed by atoms with E-state index in [1.165, 1.54) is 17.2 Å². The molecule has 4 rings (SSSR count). The van der Waals surface area contributed by atoms with Crippen molar-refractivity contribution in [2.45, 2.75) is 13.5 Å². The molecular weight excluding hydrogens is 353 g/mol. The van der Waals surface area contributed by atoms with Crippen molar-refractivity contribution in [2.75, 3.05) is 41.3 Å². The molecule has 0 saturated carbocycles. The van der Waals surface area contributed by atoms with Gasteiger partial charge < -0.3 is 15.1 Å². The first-order valence-electron chi connectivity index (χ1n) is 9.55. The van der Waals surface area contributed by atoms with Gasteiger partial charge in [0.25, 0.3) is 0 Å². The van der Waals surface area contributed by atoms with Crippen molar-refractivity contribution in [1.82, 2.24) is 9.97 Å². The zero-order valence-electron chi connectivity index (χ0n) is 16.0. The molecule has 0 aliphatic carbocycles. The van der Waals surface area contributed by atoms with Crippen LogP contribution < -0.4 is 15.1 Å². The lowest BCUT2D eigenvalue weighted by Gasteiger charge is -2.36. The fourth-order valence-electron chi connectivity index (χ4n) is 3.50. The maximum atomic E-state index is 14.0. The lowest BCUT2D eigenvalue weighted by molar-refractivity contribution is 0.596. The van der Waals surface area contributed by atoms with Crippen molar-refractivity contribution in [2.24, 2.45) is 0 Å². The third-order valence-electron chi connectivity index (χ3n) is 5.17. The summed E-state index contributed by atoms with van der Waals surface area (Å²) in [5.74, 6) is 1.54. The third-order valence-corrected chi connectivity index (χ3v) is 5.17. The molecule has 1 aliphatic rings. The Hall–Kier alpha value is -3.15. The molecule has 0 atom stereocenters. The molecule has 1 saturated heterocycles. The topological polar surface area (TPSA) is 44.3 Å². The summed E-state index contributed by atoms with van der Waals surface area (Å²) in [4.78, 5) is 13.1. The highest BCUT2D eigenvalue weighted by Crippen LogP contribution is 2.22. The molecule has 5 nitrogen and oxygen atoms in total. The van der Waals surface area contributed by atoms with Crippen LogP contribution in [-0.4, -0.2) is 36.1 Å². The van der Waals surface area contributed by atoms with Crippen LogP contribution in [0.5, 0.6) is 0 Å². The quantitative estimate of drug-likeness (QED) is 0.731. The molecule has 2 heterocycles. The Morgan fingerprint density at radius 2 is 1.64 bits per heavy atom. The first-order valence-corrected chi connectivity index (χ1v) is 9.55. The van der Waals surface area contributed by atoms with Crippen molar-refractivity contribution in [3.05, 3.63) is 77.9 Å². The van der Waals surface area contributed by atoms with Crippen LogP contribution in [0.1, 0.15) is 11.1 Å². The van der Waals surface area contributed by atoms with Crippen LogP contribution in [0.2, 0.25) is 0 Å². The van der Waals surface area contributed by atoms with E-state index in [0.29, 0.717) is 5.69 Å². The number of hydrogen-bond acceptors (Lipinski definition) is 5. The Kier molecular flexibility index (Phi) is 5.37. The lowest BCUT2D eigenvalue weighted by Crippen LogP contribution is -2.47. The number of piperazine rings is 1. The lowest BCUT2D eigenvalue weighted by atomic mass is 10.1. The van der Waals surface area contributed by atoms with E-state index in [1.54, 1.807) is 12.4 Å². The van der Waals surface area contributed by atoms with Gasteiger partial charge in [0, 0.05) is 38.8 Å². The van der Waals surface area contributed by atoms with Crippen molar-refractivity contribution in [1.29, 1.82) is 0 Å². The minimum absolute atomic E-state index is 0.166. The molecule has 3 aromatic rings. The predicted octanol–water partition coefficient (Wildman–Crippen LogP) is 3.86. The van der Waals surface area contributed by atoms with E-state index >= 15 is 0 Å². The molecule has 1 N–H and O–H groups in total. The number of hydrogen-bond donors (Lipinski definition) is 1. The van der Waals surface area contributed by atoms with Crippen LogP contribution >= 0.6 is 0 Å². The smallest absolute Gasteiger partial charge is 0.146 e. The highest BCUT2D eigenvalue weighted by molar-refractivity contribution is 5.53. The minimum Gasteiger partial charge on any atom is -0.366 e. The van der Waals surface area contributed by atoms with Gasteiger partial charge in [-0.05, 0) is 30.2 Å². The molecule has 28 heavy (non-hydrogen) atoms. The van der Waals surface area contributed by atoms with Crippen LogP contribution in [0.4, 0.5) is 21.7 Å². The number of rotatable bonds is 5. The molecule has 0 bridgehead atoms. The van der Waals surface area contributed by atoms with Crippen molar-refractivity contribution in [3.8, 4) is 0 Å². The van der Waals surface area contributed by atoms with Crippen molar-refractivity contribution in [3.63, 3.8) is 0 Å². The van der Waals surface area contributed by atoms with Gasteiger partial charge in [-0.1, -0.05) is 36.4 Å². The highest BCUT2D eigenvalue weighted by Gasteiger charge is 2.20. The van der Waals surface area contributed by atoms with E-state index in [1.807, 2.05) is 30.3 Å². The second kappa shape index (κ2) is 8.25. The van der Waals surface area contributed by atoms with Gasteiger partial charge in [-0.25, -0.2) is 14.4 Å². The number of anilines is 3. The predicted molar refractivity (Wildman–Crippen MR) is 111 cm³/mol. The fourth-order valence-corrected chi connectivity index (χ4v) is 3.50. The Labute approximate surface area is 164 Å². The van der Waals surface area contributed by atoms with Crippen LogP contribution in [0.25, 0.3) is 0 Å². The van der Waals surface area contributed by atoms with E-state index in [-0.39, 0.29) is 5.82 Å². The normalized spacial score (nSPS) is 14.2. The average Bonchev–Trinajstić information content (AvgIpc) is 2.74. The van der Waals surface area contributed by atoms with Gasteiger partial charge in [-0.2, -0.15) is 0 Å². The SMILES string of the molecule is Cc1ccccc1CNc1cc(N2CCN(c3ccccc3F)CC2)ncn1. The maximum Gasteiger partial charge on any atom is 0.146 e. The Balaban J connectivity index is 1.39. The van der Waals surface area contributed by atoms with Gasteiger partial charge in [0.1, 0.15) is 23.8 Å². The van der Waals surface area contributed by atoms with Gasteiger partial charge in [0.15, 0.2) is 0 Å². The Morgan fingerprint density at radius 3 is 2.43 bits per heavy atom. The van der Waals surface area contributed by atoms with Gasteiger partial charge >= 0.3 is 0 Å². The summed E-state index contributed by atoms with van der Waals surface area (Å²) in [6, 6.07) is 17.2. The number of nitrogens with one attached hydrogen (secondary N) is 1. The second-order valence-electron chi connectivity index (χ2n) is 6.97. The summed E-state index contributed by atoms with van der Waals surface area (Å²) < 4.78 is 14.0. The molecule has 0 spiro atoms. The first-order chi connectivity index (χ1) is 13.7. The number of aromatic nitrogens is 2. The molecule has 0 radical (unpaired) electrons. The average molecular weight is 377 g/mol.